The van der Waals surface area contributed by atoms with Gasteiger partial charge in [0.1, 0.15) is 5.82 Å². The maximum Gasteiger partial charge on any atom is 0.123 e. The van der Waals surface area contributed by atoms with Gasteiger partial charge in [0.05, 0.1) is 6.10 Å². The molecule has 0 fully saturated rings. The normalized spacial score (nSPS) is 12.4. The van der Waals surface area contributed by atoms with Crippen molar-refractivity contribution < 1.29 is 9.50 Å². The Kier molecular flexibility index (Phi) is 3.40. The zero-order valence-corrected chi connectivity index (χ0v) is 9.31. The van der Waals surface area contributed by atoms with Crippen LogP contribution in [0.15, 0.2) is 48.5 Å². The van der Waals surface area contributed by atoms with Crippen molar-refractivity contribution in [3.63, 3.8) is 0 Å². The second-order valence-electron chi connectivity index (χ2n) is 3.98. The van der Waals surface area contributed by atoms with Crippen molar-refractivity contribution in [2.75, 3.05) is 5.73 Å². The molecule has 0 bridgehead atoms. The number of rotatable bonds is 3. The molecule has 0 aliphatic rings. The van der Waals surface area contributed by atoms with E-state index in [1.165, 1.54) is 12.1 Å². The molecule has 17 heavy (non-hydrogen) atoms. The Hall–Kier alpha value is -1.87. The summed E-state index contributed by atoms with van der Waals surface area (Å²) in [6.07, 6.45) is -0.240. The number of aliphatic hydroxyl groups excluding tert-OH is 1. The smallest absolute Gasteiger partial charge is 0.123 e. The summed E-state index contributed by atoms with van der Waals surface area (Å²) in [6, 6.07) is 13.3. The third-order valence-corrected chi connectivity index (χ3v) is 2.70. The van der Waals surface area contributed by atoms with Gasteiger partial charge in [0.2, 0.25) is 0 Å². The molecule has 0 aromatic heterocycles. The molecule has 3 heteroatoms. The molecule has 2 nitrogen and oxygen atoms in total. The van der Waals surface area contributed by atoms with E-state index in [0.717, 1.165) is 5.56 Å². The number of nitrogen functional groups attached to an aromatic ring is 1. The van der Waals surface area contributed by atoms with Crippen molar-refractivity contribution in [1.29, 1.82) is 0 Å². The number of benzene rings is 2. The van der Waals surface area contributed by atoms with Gasteiger partial charge in [-0.3, -0.25) is 0 Å². The summed E-state index contributed by atoms with van der Waals surface area (Å²) in [5, 5.41) is 10.1. The largest absolute Gasteiger partial charge is 0.398 e. The highest BCUT2D eigenvalue weighted by molar-refractivity contribution is 5.47. The first-order valence-electron chi connectivity index (χ1n) is 5.44. The highest BCUT2D eigenvalue weighted by atomic mass is 19.1. The molecule has 1 atom stereocenters. The Labute approximate surface area is 99.5 Å². The summed E-state index contributed by atoms with van der Waals surface area (Å²) in [5.41, 5.74) is 7.93. The monoisotopic (exact) mass is 231 g/mol. The molecule has 0 radical (unpaired) electrons. The van der Waals surface area contributed by atoms with Crippen LogP contribution in [-0.2, 0) is 6.42 Å². The number of nitrogens with two attached hydrogens (primary N) is 1. The summed E-state index contributed by atoms with van der Waals surface area (Å²) in [7, 11) is 0. The van der Waals surface area contributed by atoms with Crippen molar-refractivity contribution in [2.24, 2.45) is 0 Å². The topological polar surface area (TPSA) is 46.2 Å². The first-order chi connectivity index (χ1) is 8.16. The fourth-order valence-corrected chi connectivity index (χ4v) is 1.77. The van der Waals surface area contributed by atoms with Crippen LogP contribution in [0.2, 0.25) is 0 Å². The Balaban J connectivity index is 2.14. The lowest BCUT2D eigenvalue weighted by molar-refractivity contribution is 0.179. The van der Waals surface area contributed by atoms with E-state index in [1.54, 1.807) is 24.3 Å². The lowest BCUT2D eigenvalue weighted by atomic mass is 10.0. The van der Waals surface area contributed by atoms with E-state index in [2.05, 4.69) is 0 Å². The second-order valence-corrected chi connectivity index (χ2v) is 3.98. The summed E-state index contributed by atoms with van der Waals surface area (Å²) in [5.74, 6) is -0.275. The van der Waals surface area contributed by atoms with Gasteiger partial charge in [0.25, 0.3) is 0 Å². The van der Waals surface area contributed by atoms with Crippen molar-refractivity contribution in [1.82, 2.24) is 0 Å². The summed E-state index contributed by atoms with van der Waals surface area (Å²) < 4.78 is 12.7. The van der Waals surface area contributed by atoms with Gasteiger partial charge in [0, 0.05) is 17.7 Å². The first kappa shape index (κ1) is 11.6. The molecule has 2 aromatic carbocycles. The fourth-order valence-electron chi connectivity index (χ4n) is 1.77. The van der Waals surface area contributed by atoms with E-state index in [-0.39, 0.29) is 5.82 Å². The minimum Gasteiger partial charge on any atom is -0.398 e. The van der Waals surface area contributed by atoms with Crippen molar-refractivity contribution in [3.05, 3.63) is 65.5 Å². The van der Waals surface area contributed by atoms with Gasteiger partial charge in [-0.05, 0) is 23.8 Å². The Morgan fingerprint density at radius 2 is 1.71 bits per heavy atom. The number of aliphatic hydroxyl groups is 1. The third-order valence-electron chi connectivity index (χ3n) is 2.70. The van der Waals surface area contributed by atoms with Crippen molar-refractivity contribution in [2.45, 2.75) is 12.5 Å². The Morgan fingerprint density at radius 1 is 1.06 bits per heavy atom. The summed E-state index contributed by atoms with van der Waals surface area (Å²) >= 11 is 0. The van der Waals surface area contributed by atoms with Gasteiger partial charge in [-0.2, -0.15) is 0 Å². The number of para-hydroxylation sites is 1. The highest BCUT2D eigenvalue weighted by Crippen LogP contribution is 2.23. The van der Waals surface area contributed by atoms with Crippen LogP contribution in [0.5, 0.6) is 0 Å². The van der Waals surface area contributed by atoms with Crippen LogP contribution in [-0.4, -0.2) is 5.11 Å². The van der Waals surface area contributed by atoms with Gasteiger partial charge >= 0.3 is 0 Å². The Morgan fingerprint density at radius 3 is 2.35 bits per heavy atom. The van der Waals surface area contributed by atoms with E-state index in [4.69, 9.17) is 5.73 Å². The fraction of sp³-hybridized carbons (Fsp3) is 0.143. The molecular formula is C14H14FNO. The molecule has 0 amide bonds. The Bertz CT molecular complexity index is 496. The van der Waals surface area contributed by atoms with E-state index >= 15 is 0 Å². The van der Waals surface area contributed by atoms with Gasteiger partial charge in [0.15, 0.2) is 0 Å². The van der Waals surface area contributed by atoms with Crippen LogP contribution in [0, 0.1) is 5.82 Å². The van der Waals surface area contributed by atoms with Crippen molar-refractivity contribution >= 4 is 5.69 Å². The quantitative estimate of drug-likeness (QED) is 0.798. The van der Waals surface area contributed by atoms with Crippen molar-refractivity contribution in [3.8, 4) is 0 Å². The molecule has 2 rings (SSSR count). The van der Waals surface area contributed by atoms with Crippen LogP contribution in [0.1, 0.15) is 17.2 Å². The summed E-state index contributed by atoms with van der Waals surface area (Å²) in [4.78, 5) is 0. The van der Waals surface area contributed by atoms with Crippen LogP contribution in [0.25, 0.3) is 0 Å². The number of anilines is 1. The van der Waals surface area contributed by atoms with Crippen LogP contribution >= 0.6 is 0 Å². The maximum absolute atomic E-state index is 12.7. The van der Waals surface area contributed by atoms with E-state index in [9.17, 15) is 9.50 Å². The third kappa shape index (κ3) is 2.82. The molecular weight excluding hydrogens is 217 g/mol. The molecule has 0 aliphatic carbocycles. The van der Waals surface area contributed by atoms with Crippen LogP contribution in [0.3, 0.4) is 0 Å². The number of halogens is 1. The maximum atomic E-state index is 12.7. The van der Waals surface area contributed by atoms with Gasteiger partial charge < -0.3 is 10.8 Å². The number of hydrogen-bond acceptors (Lipinski definition) is 2. The average Bonchev–Trinajstić information content (AvgIpc) is 2.32. The molecule has 88 valence electrons. The predicted octanol–water partition coefficient (Wildman–Crippen LogP) is 2.68. The second kappa shape index (κ2) is 4.97. The van der Waals surface area contributed by atoms with E-state index in [1.807, 2.05) is 12.1 Å². The zero-order valence-electron chi connectivity index (χ0n) is 9.31. The standard InChI is InChI=1S/C14H14FNO/c15-11-7-5-10(6-8-11)9-14(17)12-3-1-2-4-13(12)16/h1-8,14,17H,9,16H2. The molecule has 1 unspecified atom stereocenters. The SMILES string of the molecule is Nc1ccccc1C(O)Cc1ccc(F)cc1. The van der Waals surface area contributed by atoms with E-state index in [0.29, 0.717) is 17.7 Å². The molecule has 0 saturated carbocycles. The van der Waals surface area contributed by atoms with Gasteiger partial charge in [-0.25, -0.2) is 4.39 Å². The molecule has 0 aliphatic heterocycles. The van der Waals surface area contributed by atoms with E-state index < -0.39 is 6.10 Å². The highest BCUT2D eigenvalue weighted by Gasteiger charge is 2.11. The van der Waals surface area contributed by atoms with Gasteiger partial charge in [-0.1, -0.05) is 30.3 Å². The lowest BCUT2D eigenvalue weighted by Gasteiger charge is -2.13. The van der Waals surface area contributed by atoms with Crippen LogP contribution in [0.4, 0.5) is 10.1 Å². The summed E-state index contributed by atoms with van der Waals surface area (Å²) in [6.45, 7) is 0. The molecule has 0 saturated heterocycles. The number of hydrogen-bond donors (Lipinski definition) is 2. The molecule has 3 N–H and O–H groups in total. The lowest BCUT2D eigenvalue weighted by Crippen LogP contribution is -2.05. The first-order valence-corrected chi connectivity index (χ1v) is 5.44. The van der Waals surface area contributed by atoms with Gasteiger partial charge in [-0.15, -0.1) is 0 Å². The van der Waals surface area contributed by atoms with Crippen LogP contribution < -0.4 is 5.73 Å². The molecule has 0 heterocycles. The molecule has 2 aromatic rings. The predicted molar refractivity (Wildman–Crippen MR) is 65.9 cm³/mol. The average molecular weight is 231 g/mol. The minimum absolute atomic E-state index is 0.275. The molecule has 0 spiro atoms. The minimum atomic E-state index is -0.665. The zero-order chi connectivity index (χ0) is 12.3.